The van der Waals surface area contributed by atoms with Crippen molar-refractivity contribution in [1.29, 1.82) is 5.26 Å². The number of para-hydroxylation sites is 1. The highest BCUT2D eigenvalue weighted by molar-refractivity contribution is 5.90. The van der Waals surface area contributed by atoms with Crippen molar-refractivity contribution < 1.29 is 9.13 Å². The summed E-state index contributed by atoms with van der Waals surface area (Å²) in [5.41, 5.74) is 2.75. The lowest BCUT2D eigenvalue weighted by molar-refractivity contribution is 0.306. The van der Waals surface area contributed by atoms with Crippen molar-refractivity contribution in [1.82, 2.24) is 0 Å². The molecule has 0 heterocycles. The zero-order chi connectivity index (χ0) is 20.1. The van der Waals surface area contributed by atoms with Crippen molar-refractivity contribution in [2.45, 2.75) is 6.61 Å². The molecule has 4 aromatic rings. The molecule has 29 heavy (non-hydrogen) atoms. The highest BCUT2D eigenvalue weighted by Gasteiger charge is 2.07. The number of fused-ring (bicyclic) bond motifs is 1. The first-order valence-electron chi connectivity index (χ1n) is 9.30. The zero-order valence-corrected chi connectivity index (χ0v) is 15.7. The topological polar surface area (TPSA) is 33.0 Å². The van der Waals surface area contributed by atoms with E-state index in [1.54, 1.807) is 18.2 Å². The van der Waals surface area contributed by atoms with Crippen molar-refractivity contribution in [3.05, 3.63) is 114 Å². The van der Waals surface area contributed by atoms with Crippen LogP contribution in [0, 0.1) is 17.1 Å². The summed E-state index contributed by atoms with van der Waals surface area (Å²) in [6.45, 7) is 0.414. The van der Waals surface area contributed by atoms with Crippen LogP contribution in [0.15, 0.2) is 91.0 Å². The van der Waals surface area contributed by atoms with Crippen LogP contribution in [0.5, 0.6) is 5.75 Å². The molecular weight excluding hydrogens is 361 g/mol. The molecule has 0 N–H and O–H groups in total. The van der Waals surface area contributed by atoms with Gasteiger partial charge in [-0.1, -0.05) is 66.7 Å². The van der Waals surface area contributed by atoms with Crippen LogP contribution in [0.2, 0.25) is 0 Å². The standard InChI is InChI=1S/C26H18FNO/c27-25-10-5-9-22(16-25)24(17-28)15-23-8-3-4-11-26(23)29-18-19-12-13-20-6-1-2-7-21(20)14-19/h1-16H,18H2/b24-15-. The van der Waals surface area contributed by atoms with Crippen LogP contribution in [0.3, 0.4) is 0 Å². The van der Waals surface area contributed by atoms with E-state index in [1.165, 1.54) is 22.9 Å². The van der Waals surface area contributed by atoms with Gasteiger partial charge in [-0.25, -0.2) is 4.39 Å². The number of allylic oxidation sites excluding steroid dienone is 1. The minimum absolute atomic E-state index is 0.371. The van der Waals surface area contributed by atoms with E-state index in [2.05, 4.69) is 30.3 Å². The van der Waals surface area contributed by atoms with Gasteiger partial charge in [-0.05, 0) is 52.2 Å². The van der Waals surface area contributed by atoms with Gasteiger partial charge in [0.1, 0.15) is 18.2 Å². The second kappa shape index (κ2) is 8.41. The van der Waals surface area contributed by atoms with Gasteiger partial charge in [0.15, 0.2) is 0 Å². The molecule has 0 saturated carbocycles. The fourth-order valence-electron chi connectivity index (χ4n) is 3.21. The highest BCUT2D eigenvalue weighted by atomic mass is 19.1. The van der Waals surface area contributed by atoms with Gasteiger partial charge in [0.2, 0.25) is 0 Å². The number of nitrogens with zero attached hydrogens (tertiary/aromatic N) is 1. The maximum Gasteiger partial charge on any atom is 0.127 e. The van der Waals surface area contributed by atoms with Crippen LogP contribution < -0.4 is 4.74 Å². The Balaban J connectivity index is 1.60. The number of hydrogen-bond acceptors (Lipinski definition) is 2. The third kappa shape index (κ3) is 4.34. The molecule has 0 amide bonds. The fraction of sp³-hybridized carbons (Fsp3) is 0.0385. The Hall–Kier alpha value is -3.90. The van der Waals surface area contributed by atoms with E-state index in [0.717, 1.165) is 11.1 Å². The highest BCUT2D eigenvalue weighted by Crippen LogP contribution is 2.26. The SMILES string of the molecule is N#C/C(=C/c1ccccc1OCc1ccc2ccccc2c1)c1cccc(F)c1. The summed E-state index contributed by atoms with van der Waals surface area (Å²) in [4.78, 5) is 0. The third-order valence-electron chi connectivity index (χ3n) is 4.68. The van der Waals surface area contributed by atoms with Crippen LogP contribution in [-0.4, -0.2) is 0 Å². The third-order valence-corrected chi connectivity index (χ3v) is 4.68. The van der Waals surface area contributed by atoms with Gasteiger partial charge in [-0.15, -0.1) is 0 Å². The van der Waals surface area contributed by atoms with Gasteiger partial charge in [0.25, 0.3) is 0 Å². The van der Waals surface area contributed by atoms with E-state index in [1.807, 2.05) is 42.5 Å². The quantitative estimate of drug-likeness (QED) is 0.288. The molecule has 0 aliphatic heterocycles. The largest absolute Gasteiger partial charge is 0.488 e. The van der Waals surface area contributed by atoms with Crippen molar-refractivity contribution in [2.24, 2.45) is 0 Å². The van der Waals surface area contributed by atoms with Crippen molar-refractivity contribution in [2.75, 3.05) is 0 Å². The van der Waals surface area contributed by atoms with Crippen LogP contribution in [0.1, 0.15) is 16.7 Å². The molecule has 3 heteroatoms. The minimum Gasteiger partial charge on any atom is -0.488 e. The Morgan fingerprint density at radius 3 is 2.48 bits per heavy atom. The fourth-order valence-corrected chi connectivity index (χ4v) is 3.21. The normalized spacial score (nSPS) is 11.2. The van der Waals surface area contributed by atoms with E-state index in [9.17, 15) is 9.65 Å². The average molecular weight is 379 g/mol. The van der Waals surface area contributed by atoms with Gasteiger partial charge >= 0.3 is 0 Å². The first kappa shape index (κ1) is 18.5. The molecule has 0 unspecified atom stereocenters. The van der Waals surface area contributed by atoms with Gasteiger partial charge < -0.3 is 4.74 Å². The molecule has 0 atom stereocenters. The lowest BCUT2D eigenvalue weighted by Crippen LogP contribution is -1.97. The van der Waals surface area contributed by atoms with E-state index in [4.69, 9.17) is 4.74 Å². The summed E-state index contributed by atoms with van der Waals surface area (Å²) in [6.07, 6.45) is 1.73. The Kier molecular flexibility index (Phi) is 5.36. The van der Waals surface area contributed by atoms with Crippen molar-refractivity contribution in [3.8, 4) is 11.8 Å². The lowest BCUT2D eigenvalue weighted by Gasteiger charge is -2.11. The second-order valence-corrected chi connectivity index (χ2v) is 6.69. The summed E-state index contributed by atoms with van der Waals surface area (Å²) < 4.78 is 19.6. The van der Waals surface area contributed by atoms with E-state index in [-0.39, 0.29) is 5.82 Å². The summed E-state index contributed by atoms with van der Waals surface area (Å²) in [6, 6.07) is 30.1. The summed E-state index contributed by atoms with van der Waals surface area (Å²) in [5, 5.41) is 11.9. The molecule has 0 aliphatic rings. The van der Waals surface area contributed by atoms with Crippen LogP contribution in [0.4, 0.5) is 4.39 Å². The van der Waals surface area contributed by atoms with Crippen LogP contribution in [0.25, 0.3) is 22.4 Å². The molecule has 0 fully saturated rings. The lowest BCUT2D eigenvalue weighted by atomic mass is 10.0. The summed E-state index contributed by atoms with van der Waals surface area (Å²) in [7, 11) is 0. The Labute approximate surface area is 169 Å². The maximum absolute atomic E-state index is 13.5. The minimum atomic E-state index is -0.371. The Bertz CT molecular complexity index is 1240. The van der Waals surface area contributed by atoms with Gasteiger partial charge in [-0.2, -0.15) is 5.26 Å². The monoisotopic (exact) mass is 379 g/mol. The predicted octanol–water partition coefficient (Wildman–Crippen LogP) is 6.62. The average Bonchev–Trinajstić information content (AvgIpc) is 2.76. The maximum atomic E-state index is 13.5. The van der Waals surface area contributed by atoms with Crippen LogP contribution >= 0.6 is 0 Å². The van der Waals surface area contributed by atoms with Crippen molar-refractivity contribution >= 4 is 22.4 Å². The molecule has 4 aromatic carbocycles. The molecule has 140 valence electrons. The van der Waals surface area contributed by atoms with Gasteiger partial charge in [0, 0.05) is 5.56 Å². The number of benzene rings is 4. The Morgan fingerprint density at radius 1 is 0.862 bits per heavy atom. The molecular formula is C26H18FNO. The number of hydrogen-bond donors (Lipinski definition) is 0. The molecule has 2 nitrogen and oxygen atoms in total. The zero-order valence-electron chi connectivity index (χ0n) is 15.7. The molecule has 0 bridgehead atoms. The Morgan fingerprint density at radius 2 is 1.66 bits per heavy atom. The molecule has 0 aromatic heterocycles. The molecule has 0 aliphatic carbocycles. The first-order chi connectivity index (χ1) is 14.2. The van der Waals surface area contributed by atoms with Gasteiger partial charge in [-0.3, -0.25) is 0 Å². The first-order valence-corrected chi connectivity index (χ1v) is 9.30. The van der Waals surface area contributed by atoms with Crippen LogP contribution in [-0.2, 0) is 6.61 Å². The predicted molar refractivity (Wildman–Crippen MR) is 115 cm³/mol. The number of ether oxygens (including phenoxy) is 1. The molecule has 0 spiro atoms. The van der Waals surface area contributed by atoms with E-state index < -0.39 is 0 Å². The van der Waals surface area contributed by atoms with Gasteiger partial charge in [0.05, 0.1) is 11.6 Å². The number of rotatable bonds is 5. The number of nitriles is 1. The van der Waals surface area contributed by atoms with E-state index >= 15 is 0 Å². The molecule has 0 saturated heterocycles. The van der Waals surface area contributed by atoms with Crippen molar-refractivity contribution in [3.63, 3.8) is 0 Å². The second-order valence-electron chi connectivity index (χ2n) is 6.69. The van der Waals surface area contributed by atoms with E-state index in [0.29, 0.717) is 23.5 Å². The smallest absolute Gasteiger partial charge is 0.127 e. The molecule has 0 radical (unpaired) electrons. The number of halogens is 1. The summed E-state index contributed by atoms with van der Waals surface area (Å²) in [5.74, 6) is 0.300. The summed E-state index contributed by atoms with van der Waals surface area (Å²) >= 11 is 0. The molecule has 4 rings (SSSR count).